The lowest BCUT2D eigenvalue weighted by Crippen LogP contribution is -2.35. The molecule has 0 radical (unpaired) electrons. The molecule has 6 nitrogen and oxygen atoms in total. The van der Waals surface area contributed by atoms with E-state index >= 15 is 0 Å². The van der Waals surface area contributed by atoms with Gasteiger partial charge in [0.05, 0.1) is 12.4 Å². The predicted molar refractivity (Wildman–Crippen MR) is 191 cm³/mol. The van der Waals surface area contributed by atoms with Crippen molar-refractivity contribution in [3.05, 3.63) is 24.3 Å². The number of amidine groups is 1. The van der Waals surface area contributed by atoms with Crippen LogP contribution in [-0.4, -0.2) is 52.0 Å². The summed E-state index contributed by atoms with van der Waals surface area (Å²) in [4.78, 5) is 28.5. The molecule has 0 amide bonds. The summed E-state index contributed by atoms with van der Waals surface area (Å²) in [6.45, 7) is 4.49. The van der Waals surface area contributed by atoms with Crippen molar-refractivity contribution in [2.24, 2.45) is 4.99 Å². The zero-order valence-corrected chi connectivity index (χ0v) is 29.2. The highest BCUT2D eigenvalue weighted by Crippen LogP contribution is 2.18. The fraction of sp³-hybridized carbons (Fsp3) is 0.821. The minimum atomic E-state index is -0.671. The van der Waals surface area contributed by atoms with Gasteiger partial charge in [0.2, 0.25) is 0 Å². The fourth-order valence-corrected chi connectivity index (χ4v) is 6.19. The van der Waals surface area contributed by atoms with Crippen LogP contribution < -0.4 is 0 Å². The largest absolute Gasteiger partial charge is 0.481 e. The number of aliphatic carboxylic acids is 2. The van der Waals surface area contributed by atoms with Crippen LogP contribution in [0.2, 0.25) is 0 Å². The van der Waals surface area contributed by atoms with Crippen LogP contribution in [-0.2, 0) is 9.59 Å². The highest BCUT2D eigenvalue weighted by atomic mass is 16.4. The molecule has 1 aliphatic rings. The van der Waals surface area contributed by atoms with Gasteiger partial charge in [-0.2, -0.15) is 0 Å². The number of unbranched alkanes of at least 4 members (excludes halogenated alkanes) is 21. The smallest absolute Gasteiger partial charge is 0.303 e. The van der Waals surface area contributed by atoms with E-state index in [0.29, 0.717) is 18.9 Å². The standard InChI is InChI=1S/C39H70N2O4/c1-36-35-40-37(31-27-23-19-15-11-7-4-5-9-13-17-21-25-29-33-39(44)45)41(36)34-30-26-22-18-14-10-6-2-3-8-12-16-20-24-28-32-38(42)43/h2-5,36H,6-35H2,1H3,(H,42,43)(H,44,45). The van der Waals surface area contributed by atoms with Crippen LogP contribution in [0.3, 0.4) is 0 Å². The molecule has 0 fully saturated rings. The molecule has 0 aromatic carbocycles. The van der Waals surface area contributed by atoms with Crippen LogP contribution in [0.5, 0.6) is 0 Å². The average Bonchev–Trinajstić information content (AvgIpc) is 3.36. The summed E-state index contributed by atoms with van der Waals surface area (Å²) >= 11 is 0. The number of rotatable bonds is 33. The molecule has 1 rings (SSSR count). The lowest BCUT2D eigenvalue weighted by atomic mass is 10.1. The van der Waals surface area contributed by atoms with Gasteiger partial charge in [-0.25, -0.2) is 0 Å². The Kier molecular flexibility index (Phi) is 27.8. The quantitative estimate of drug-likeness (QED) is 0.0556. The van der Waals surface area contributed by atoms with Crippen molar-refractivity contribution < 1.29 is 19.8 Å². The Hall–Kier alpha value is -2.11. The lowest BCUT2D eigenvalue weighted by molar-refractivity contribution is -0.138. The van der Waals surface area contributed by atoms with Gasteiger partial charge in [0.25, 0.3) is 0 Å². The van der Waals surface area contributed by atoms with Crippen LogP contribution in [0.15, 0.2) is 29.3 Å². The maximum absolute atomic E-state index is 10.5. The molecule has 1 atom stereocenters. The molecule has 0 aromatic rings. The Morgan fingerprint density at radius 1 is 0.578 bits per heavy atom. The molecule has 1 heterocycles. The van der Waals surface area contributed by atoms with Gasteiger partial charge < -0.3 is 15.1 Å². The Morgan fingerprint density at radius 3 is 1.36 bits per heavy atom. The van der Waals surface area contributed by atoms with Gasteiger partial charge in [-0.1, -0.05) is 108 Å². The van der Waals surface area contributed by atoms with Crippen LogP contribution in [0.4, 0.5) is 0 Å². The molecule has 1 unspecified atom stereocenters. The summed E-state index contributed by atoms with van der Waals surface area (Å²) in [5.74, 6) is 0.0307. The van der Waals surface area contributed by atoms with E-state index in [1.54, 1.807) is 0 Å². The maximum Gasteiger partial charge on any atom is 0.303 e. The van der Waals surface area contributed by atoms with E-state index in [-0.39, 0.29) is 0 Å². The van der Waals surface area contributed by atoms with Crippen LogP contribution >= 0.6 is 0 Å². The van der Waals surface area contributed by atoms with E-state index in [9.17, 15) is 9.59 Å². The number of carboxylic acid groups (broad SMARTS) is 2. The molecule has 0 spiro atoms. The summed E-state index contributed by atoms with van der Waals surface area (Å²) in [5.41, 5.74) is 0. The second-order valence-corrected chi connectivity index (χ2v) is 13.4. The molecule has 45 heavy (non-hydrogen) atoms. The summed E-state index contributed by atoms with van der Waals surface area (Å²) < 4.78 is 0. The third-order valence-electron chi connectivity index (χ3n) is 9.05. The number of carbonyl (C=O) groups is 2. The summed E-state index contributed by atoms with van der Waals surface area (Å²) in [7, 11) is 0. The van der Waals surface area contributed by atoms with Crippen molar-refractivity contribution in [2.45, 2.75) is 193 Å². The Labute approximate surface area is 277 Å². The molecule has 0 bridgehead atoms. The summed E-state index contributed by atoms with van der Waals surface area (Å²) in [6, 6.07) is 0.576. The topological polar surface area (TPSA) is 90.2 Å². The molecule has 260 valence electrons. The van der Waals surface area contributed by atoms with Crippen molar-refractivity contribution in [1.29, 1.82) is 0 Å². The monoisotopic (exact) mass is 631 g/mol. The number of aliphatic imine (C=N–C) groups is 1. The van der Waals surface area contributed by atoms with Gasteiger partial charge in [0.15, 0.2) is 0 Å². The first-order valence-electron chi connectivity index (χ1n) is 19.0. The molecule has 0 saturated heterocycles. The molecule has 6 heteroatoms. The number of allylic oxidation sites excluding steroid dienone is 4. The SMILES string of the molecule is CC1CN=C(CCCCCCCC=CCCCCCCCC(=O)O)N1CCCCCCCCC=CCCCCCCCC(=O)O. The van der Waals surface area contributed by atoms with Crippen molar-refractivity contribution in [3.63, 3.8) is 0 Å². The third-order valence-corrected chi connectivity index (χ3v) is 9.05. The van der Waals surface area contributed by atoms with Crippen molar-refractivity contribution >= 4 is 17.8 Å². The second kappa shape index (κ2) is 30.5. The number of hydrogen-bond donors (Lipinski definition) is 2. The van der Waals surface area contributed by atoms with Crippen molar-refractivity contribution in [1.82, 2.24) is 4.90 Å². The minimum absolute atomic E-state index is 0.317. The van der Waals surface area contributed by atoms with Crippen molar-refractivity contribution in [2.75, 3.05) is 13.1 Å². The molecule has 2 N–H and O–H groups in total. The molecule has 0 saturated carbocycles. The first kappa shape index (κ1) is 40.9. The summed E-state index contributed by atoms with van der Waals surface area (Å²) in [5, 5.41) is 17.3. The van der Waals surface area contributed by atoms with Gasteiger partial charge in [-0.15, -0.1) is 0 Å². The van der Waals surface area contributed by atoms with Crippen LogP contribution in [0, 0.1) is 0 Å². The minimum Gasteiger partial charge on any atom is -0.481 e. The maximum atomic E-state index is 10.5. The van der Waals surface area contributed by atoms with Crippen LogP contribution in [0.25, 0.3) is 0 Å². The van der Waals surface area contributed by atoms with E-state index in [0.717, 1.165) is 57.9 Å². The lowest BCUT2D eigenvalue weighted by Gasteiger charge is -2.25. The third kappa shape index (κ3) is 26.8. The average molecular weight is 631 g/mol. The van der Waals surface area contributed by atoms with Crippen molar-refractivity contribution in [3.8, 4) is 0 Å². The zero-order valence-electron chi connectivity index (χ0n) is 29.2. The molecule has 0 aromatic heterocycles. The number of carboxylic acids is 2. The Bertz CT molecular complexity index is 807. The molecular formula is C39H70N2O4. The molecule has 0 aliphatic carbocycles. The highest BCUT2D eigenvalue weighted by Gasteiger charge is 2.22. The Morgan fingerprint density at radius 2 is 0.933 bits per heavy atom. The predicted octanol–water partition coefficient (Wildman–Crippen LogP) is 11.3. The fourth-order valence-electron chi connectivity index (χ4n) is 6.19. The van der Waals surface area contributed by atoms with E-state index in [2.05, 4.69) is 36.1 Å². The van der Waals surface area contributed by atoms with Gasteiger partial charge >= 0.3 is 11.9 Å². The molecule has 1 aliphatic heterocycles. The van der Waals surface area contributed by atoms with Crippen LogP contribution in [0.1, 0.15) is 187 Å². The number of nitrogens with zero attached hydrogens (tertiary/aromatic N) is 2. The van der Waals surface area contributed by atoms with Gasteiger partial charge in [0, 0.05) is 31.8 Å². The van der Waals surface area contributed by atoms with Gasteiger partial charge in [-0.3, -0.25) is 14.6 Å². The second-order valence-electron chi connectivity index (χ2n) is 13.4. The zero-order chi connectivity index (χ0) is 32.6. The van der Waals surface area contributed by atoms with E-state index in [4.69, 9.17) is 15.2 Å². The van der Waals surface area contributed by atoms with E-state index in [1.807, 2.05) is 0 Å². The highest BCUT2D eigenvalue weighted by molar-refractivity contribution is 5.84. The Balaban J connectivity index is 1.90. The van der Waals surface area contributed by atoms with E-state index in [1.165, 1.54) is 128 Å². The number of hydrogen-bond acceptors (Lipinski definition) is 4. The van der Waals surface area contributed by atoms with Gasteiger partial charge in [0.1, 0.15) is 0 Å². The molecular weight excluding hydrogens is 560 g/mol. The first-order chi connectivity index (χ1) is 22.0. The normalized spacial score (nSPS) is 15.1. The van der Waals surface area contributed by atoms with E-state index < -0.39 is 11.9 Å². The summed E-state index contributed by atoms with van der Waals surface area (Å²) in [6.07, 6.45) is 41.4. The van der Waals surface area contributed by atoms with Gasteiger partial charge in [-0.05, 0) is 84.0 Å². The first-order valence-corrected chi connectivity index (χ1v) is 19.0.